The molecule has 1 atom stereocenters. The van der Waals surface area contributed by atoms with Gasteiger partial charge in [0.15, 0.2) is 0 Å². The molecule has 0 aliphatic carbocycles. The lowest BCUT2D eigenvalue weighted by Crippen LogP contribution is -2.39. The molecule has 2 aromatic carbocycles. The fourth-order valence-electron chi connectivity index (χ4n) is 2.63. The highest BCUT2D eigenvalue weighted by Gasteiger charge is 2.20. The molecule has 0 spiro atoms. The maximum atomic E-state index is 12.5. The first kappa shape index (κ1) is 19.8. The number of aryl methyl sites for hydroxylation is 2. The molecule has 0 bridgehead atoms. The first-order chi connectivity index (χ1) is 12.3. The van der Waals surface area contributed by atoms with E-state index in [4.69, 9.17) is 0 Å². The van der Waals surface area contributed by atoms with Gasteiger partial charge in [-0.3, -0.25) is 9.69 Å². The second-order valence-electron chi connectivity index (χ2n) is 6.38. The predicted molar refractivity (Wildman–Crippen MR) is 98.5 cm³/mol. The normalized spacial score (nSPS) is 12.3. The van der Waals surface area contributed by atoms with Crippen molar-refractivity contribution in [2.24, 2.45) is 0 Å². The van der Waals surface area contributed by atoms with Gasteiger partial charge in [-0.2, -0.15) is 8.78 Å². The Labute approximate surface area is 152 Å². The molecule has 0 aromatic heterocycles. The number of nitrogens with zero attached hydrogens (tertiary/aromatic N) is 1. The van der Waals surface area contributed by atoms with Crippen LogP contribution in [-0.4, -0.2) is 30.5 Å². The van der Waals surface area contributed by atoms with Crippen molar-refractivity contribution in [2.75, 3.05) is 12.4 Å². The number of carbonyl (C=O) groups excluding carboxylic acids is 1. The second kappa shape index (κ2) is 8.76. The van der Waals surface area contributed by atoms with Crippen molar-refractivity contribution in [2.45, 2.75) is 40.0 Å². The minimum absolute atomic E-state index is 0.0555. The molecule has 0 heterocycles. The number of ether oxygens (including phenoxy) is 1. The van der Waals surface area contributed by atoms with Crippen molar-refractivity contribution in [3.8, 4) is 5.75 Å². The van der Waals surface area contributed by atoms with Crippen LogP contribution in [0.3, 0.4) is 0 Å². The molecule has 0 saturated carbocycles. The fraction of sp³-hybridized carbons (Fsp3) is 0.350. The highest BCUT2D eigenvalue weighted by molar-refractivity contribution is 5.95. The van der Waals surface area contributed by atoms with Gasteiger partial charge in [-0.1, -0.05) is 35.9 Å². The number of rotatable bonds is 7. The average Bonchev–Trinajstić information content (AvgIpc) is 2.57. The third-order valence-corrected chi connectivity index (χ3v) is 4.32. The van der Waals surface area contributed by atoms with Crippen LogP contribution >= 0.6 is 0 Å². The van der Waals surface area contributed by atoms with Crippen LogP contribution in [0, 0.1) is 13.8 Å². The molecule has 1 N–H and O–H groups in total. The number of hydrogen-bond acceptors (Lipinski definition) is 3. The Bertz CT molecular complexity index is 765. The average molecular weight is 362 g/mol. The van der Waals surface area contributed by atoms with Crippen LogP contribution in [0.5, 0.6) is 5.75 Å². The summed E-state index contributed by atoms with van der Waals surface area (Å²) >= 11 is 0. The molecule has 0 radical (unpaired) electrons. The van der Waals surface area contributed by atoms with Crippen molar-refractivity contribution in [3.63, 3.8) is 0 Å². The summed E-state index contributed by atoms with van der Waals surface area (Å²) in [6.07, 6.45) is 0. The molecule has 140 valence electrons. The quantitative estimate of drug-likeness (QED) is 0.795. The van der Waals surface area contributed by atoms with Crippen molar-refractivity contribution in [3.05, 3.63) is 59.2 Å². The highest BCUT2D eigenvalue weighted by Crippen LogP contribution is 2.26. The van der Waals surface area contributed by atoms with Crippen LogP contribution in [0.1, 0.15) is 23.6 Å². The number of halogens is 2. The monoisotopic (exact) mass is 362 g/mol. The Morgan fingerprint density at radius 1 is 1.19 bits per heavy atom. The summed E-state index contributed by atoms with van der Waals surface area (Å²) in [5, 5.41) is 2.67. The van der Waals surface area contributed by atoms with E-state index in [0.29, 0.717) is 6.54 Å². The molecule has 2 rings (SSSR count). The Morgan fingerprint density at radius 3 is 2.54 bits per heavy atom. The molecule has 0 saturated heterocycles. The van der Waals surface area contributed by atoms with Gasteiger partial charge in [0.1, 0.15) is 5.75 Å². The molecule has 26 heavy (non-hydrogen) atoms. The van der Waals surface area contributed by atoms with E-state index in [0.717, 1.165) is 5.56 Å². The van der Waals surface area contributed by atoms with Crippen LogP contribution < -0.4 is 10.1 Å². The van der Waals surface area contributed by atoms with Crippen molar-refractivity contribution < 1.29 is 18.3 Å². The summed E-state index contributed by atoms with van der Waals surface area (Å²) in [5.74, 6) is -0.345. The van der Waals surface area contributed by atoms with Crippen LogP contribution in [0.25, 0.3) is 0 Å². The summed E-state index contributed by atoms with van der Waals surface area (Å²) < 4.78 is 29.4. The minimum atomic E-state index is -2.95. The number of benzene rings is 2. The van der Waals surface area contributed by atoms with E-state index in [-0.39, 0.29) is 17.3 Å². The van der Waals surface area contributed by atoms with Crippen LogP contribution in [-0.2, 0) is 11.3 Å². The molecule has 1 unspecified atom stereocenters. The second-order valence-corrected chi connectivity index (χ2v) is 6.38. The van der Waals surface area contributed by atoms with Gasteiger partial charge in [-0.15, -0.1) is 0 Å². The number of alkyl halides is 2. The Hall–Kier alpha value is -2.47. The summed E-state index contributed by atoms with van der Waals surface area (Å²) in [7, 11) is 1.85. The van der Waals surface area contributed by atoms with E-state index in [1.165, 1.54) is 23.3 Å². The number of amides is 1. The third-order valence-electron chi connectivity index (χ3n) is 4.32. The molecule has 4 nitrogen and oxygen atoms in total. The van der Waals surface area contributed by atoms with E-state index in [1.54, 1.807) is 19.1 Å². The summed E-state index contributed by atoms with van der Waals surface area (Å²) in [5.41, 5.74) is 3.72. The molecule has 6 heteroatoms. The zero-order valence-corrected chi connectivity index (χ0v) is 15.4. The van der Waals surface area contributed by atoms with Gasteiger partial charge >= 0.3 is 6.61 Å². The first-order valence-corrected chi connectivity index (χ1v) is 8.39. The van der Waals surface area contributed by atoms with Gasteiger partial charge < -0.3 is 10.1 Å². The third kappa shape index (κ3) is 5.26. The lowest BCUT2D eigenvalue weighted by Gasteiger charge is -2.25. The molecule has 2 aromatic rings. The SMILES string of the molecule is Cc1ccc(CN(C)C(C)C(=O)Nc2ccccc2OC(F)F)c(C)c1. The van der Waals surface area contributed by atoms with E-state index in [9.17, 15) is 13.6 Å². The number of para-hydroxylation sites is 2. The predicted octanol–water partition coefficient (Wildman–Crippen LogP) is 4.36. The van der Waals surface area contributed by atoms with E-state index >= 15 is 0 Å². The van der Waals surface area contributed by atoms with Gasteiger partial charge in [-0.25, -0.2) is 0 Å². The number of anilines is 1. The summed E-state index contributed by atoms with van der Waals surface area (Å²) in [6, 6.07) is 11.9. The number of hydrogen-bond donors (Lipinski definition) is 1. The fourth-order valence-corrected chi connectivity index (χ4v) is 2.63. The summed E-state index contributed by atoms with van der Waals surface area (Å²) in [4.78, 5) is 14.4. The van der Waals surface area contributed by atoms with Gasteiger partial charge in [0.25, 0.3) is 0 Å². The van der Waals surface area contributed by atoms with E-state index in [2.05, 4.69) is 22.2 Å². The molecule has 1 amide bonds. The first-order valence-electron chi connectivity index (χ1n) is 8.39. The lowest BCUT2D eigenvalue weighted by molar-refractivity contribution is -0.120. The van der Waals surface area contributed by atoms with Gasteiger partial charge in [0, 0.05) is 6.54 Å². The Morgan fingerprint density at radius 2 is 1.88 bits per heavy atom. The molecule has 0 aliphatic rings. The number of nitrogens with one attached hydrogen (secondary N) is 1. The van der Waals surface area contributed by atoms with Gasteiger partial charge in [-0.05, 0) is 51.1 Å². The zero-order chi connectivity index (χ0) is 19.3. The summed E-state index contributed by atoms with van der Waals surface area (Å²) in [6.45, 7) is 3.51. The van der Waals surface area contributed by atoms with Crippen LogP contribution in [0.15, 0.2) is 42.5 Å². The maximum absolute atomic E-state index is 12.5. The Kier molecular flexibility index (Phi) is 6.69. The minimum Gasteiger partial charge on any atom is -0.433 e. The van der Waals surface area contributed by atoms with Crippen LogP contribution in [0.2, 0.25) is 0 Å². The van der Waals surface area contributed by atoms with Crippen LogP contribution in [0.4, 0.5) is 14.5 Å². The highest BCUT2D eigenvalue weighted by atomic mass is 19.3. The van der Waals surface area contributed by atoms with Gasteiger partial charge in [0.2, 0.25) is 5.91 Å². The topological polar surface area (TPSA) is 41.6 Å². The maximum Gasteiger partial charge on any atom is 0.387 e. The Balaban J connectivity index is 2.05. The molecule has 0 aliphatic heterocycles. The molecular weight excluding hydrogens is 338 g/mol. The smallest absolute Gasteiger partial charge is 0.387 e. The van der Waals surface area contributed by atoms with Crippen molar-refractivity contribution in [1.29, 1.82) is 0 Å². The molecule has 0 fully saturated rings. The van der Waals surface area contributed by atoms with Crippen molar-refractivity contribution in [1.82, 2.24) is 4.90 Å². The standard InChI is InChI=1S/C20H24F2N2O2/c1-13-9-10-16(14(2)11-13)12-24(4)15(3)19(25)23-17-7-5-6-8-18(17)26-20(21)22/h5-11,15,20H,12H2,1-4H3,(H,23,25). The van der Waals surface area contributed by atoms with Gasteiger partial charge in [0.05, 0.1) is 11.7 Å². The molecular formula is C20H24F2N2O2. The number of carbonyl (C=O) groups is 1. The largest absolute Gasteiger partial charge is 0.433 e. The van der Waals surface area contributed by atoms with Crippen molar-refractivity contribution >= 4 is 11.6 Å². The lowest BCUT2D eigenvalue weighted by atomic mass is 10.0. The van der Waals surface area contributed by atoms with E-state index in [1.807, 2.05) is 31.9 Å². The zero-order valence-electron chi connectivity index (χ0n) is 15.4. The van der Waals surface area contributed by atoms with E-state index < -0.39 is 12.7 Å². The number of likely N-dealkylation sites (N-methyl/N-ethyl adjacent to an activating group) is 1.